The van der Waals surface area contributed by atoms with Crippen molar-refractivity contribution >= 4 is 6.08 Å². The molecule has 0 saturated carbocycles. The van der Waals surface area contributed by atoms with Crippen molar-refractivity contribution in [1.82, 2.24) is 0 Å². The molecule has 0 spiro atoms. The molecule has 0 aliphatic heterocycles. The van der Waals surface area contributed by atoms with E-state index in [4.69, 9.17) is 9.47 Å². The third kappa shape index (κ3) is 3.82. The van der Waals surface area contributed by atoms with Gasteiger partial charge in [-0.1, -0.05) is 30.3 Å². The lowest BCUT2D eigenvalue weighted by molar-refractivity contribution is -0.400. The number of rotatable bonds is 6. The number of nitro groups is 1. The highest BCUT2D eigenvalue weighted by Gasteiger charge is 2.15. The maximum absolute atomic E-state index is 14.4. The number of methoxy groups -OCH3 is 1. The van der Waals surface area contributed by atoms with Gasteiger partial charge in [0.05, 0.1) is 12.0 Å². The number of ether oxygens (including phenoxy) is 2. The summed E-state index contributed by atoms with van der Waals surface area (Å²) in [4.78, 5) is 9.68. The average Bonchev–Trinajstić information content (AvgIpc) is 2.53. The molecule has 0 aromatic heterocycles. The summed E-state index contributed by atoms with van der Waals surface area (Å²) < 4.78 is 25.0. The Hall–Kier alpha value is -2.89. The summed E-state index contributed by atoms with van der Waals surface area (Å²) >= 11 is 0. The van der Waals surface area contributed by atoms with E-state index in [2.05, 4.69) is 0 Å². The molecule has 0 unspecified atom stereocenters. The number of hydrogen-bond acceptors (Lipinski definition) is 4. The predicted molar refractivity (Wildman–Crippen MR) is 79.8 cm³/mol. The second kappa shape index (κ2) is 7.21. The predicted octanol–water partition coefficient (Wildman–Crippen LogP) is 3.66. The molecule has 0 aliphatic rings. The fourth-order valence-corrected chi connectivity index (χ4v) is 1.85. The van der Waals surface area contributed by atoms with E-state index in [1.807, 2.05) is 30.3 Å². The molecule has 0 aliphatic carbocycles. The molecule has 0 fully saturated rings. The van der Waals surface area contributed by atoms with E-state index in [1.165, 1.54) is 19.2 Å². The fraction of sp³-hybridized carbons (Fsp3) is 0.125. The van der Waals surface area contributed by atoms with Gasteiger partial charge >= 0.3 is 0 Å². The largest absolute Gasteiger partial charge is 0.493 e. The summed E-state index contributed by atoms with van der Waals surface area (Å²) in [7, 11) is 1.40. The van der Waals surface area contributed by atoms with Crippen LogP contribution < -0.4 is 9.47 Å². The first-order valence-electron chi connectivity index (χ1n) is 6.46. The van der Waals surface area contributed by atoms with Crippen LogP contribution in [0.3, 0.4) is 0 Å². The monoisotopic (exact) mass is 303 g/mol. The molecule has 0 saturated heterocycles. The lowest BCUT2D eigenvalue weighted by Gasteiger charge is -2.12. The van der Waals surface area contributed by atoms with E-state index >= 15 is 0 Å². The van der Waals surface area contributed by atoms with Crippen LogP contribution in [-0.4, -0.2) is 12.0 Å². The molecule has 22 heavy (non-hydrogen) atoms. The molecule has 5 nitrogen and oxygen atoms in total. The average molecular weight is 303 g/mol. The Balaban J connectivity index is 2.27. The standard InChI is InChI=1S/C16H14FNO4/c1-21-14-8-7-13(9-10-18(19)20)15(17)16(14)22-11-12-5-3-2-4-6-12/h2-10H,11H2,1H3/b10-9+. The van der Waals surface area contributed by atoms with Crippen molar-refractivity contribution in [3.05, 3.63) is 75.7 Å². The Bertz CT molecular complexity index is 686. The topological polar surface area (TPSA) is 61.6 Å². The van der Waals surface area contributed by atoms with Crippen LogP contribution in [0.15, 0.2) is 48.7 Å². The second-order valence-corrected chi connectivity index (χ2v) is 4.38. The molecule has 6 heteroatoms. The summed E-state index contributed by atoms with van der Waals surface area (Å²) in [6.45, 7) is 0.163. The fourth-order valence-electron chi connectivity index (χ4n) is 1.85. The van der Waals surface area contributed by atoms with E-state index in [-0.39, 0.29) is 23.7 Å². The maximum Gasteiger partial charge on any atom is 0.235 e. The maximum atomic E-state index is 14.4. The molecule has 0 radical (unpaired) electrons. The van der Waals surface area contributed by atoms with E-state index in [0.29, 0.717) is 6.20 Å². The number of benzene rings is 2. The number of nitrogens with zero attached hydrogens (tertiary/aromatic N) is 1. The summed E-state index contributed by atoms with van der Waals surface area (Å²) in [5.41, 5.74) is 0.927. The Morgan fingerprint density at radius 2 is 1.95 bits per heavy atom. The number of halogens is 1. The van der Waals surface area contributed by atoms with Gasteiger partial charge in [0, 0.05) is 11.6 Å². The molecule has 2 aromatic carbocycles. The van der Waals surface area contributed by atoms with Crippen LogP contribution in [-0.2, 0) is 6.61 Å². The van der Waals surface area contributed by atoms with Crippen molar-refractivity contribution in [2.75, 3.05) is 7.11 Å². The van der Waals surface area contributed by atoms with Gasteiger partial charge in [0.2, 0.25) is 6.20 Å². The van der Waals surface area contributed by atoms with Gasteiger partial charge in [-0.2, -0.15) is 0 Å². The van der Waals surface area contributed by atoms with Gasteiger partial charge in [-0.3, -0.25) is 10.1 Å². The van der Waals surface area contributed by atoms with E-state index in [0.717, 1.165) is 11.6 Å². The zero-order valence-corrected chi connectivity index (χ0v) is 11.9. The van der Waals surface area contributed by atoms with Gasteiger partial charge in [0.25, 0.3) is 0 Å². The van der Waals surface area contributed by atoms with E-state index < -0.39 is 10.7 Å². The van der Waals surface area contributed by atoms with Gasteiger partial charge < -0.3 is 9.47 Å². The van der Waals surface area contributed by atoms with Crippen LogP contribution in [0.2, 0.25) is 0 Å². The molecule has 0 amide bonds. The zero-order valence-electron chi connectivity index (χ0n) is 11.9. The molecular weight excluding hydrogens is 289 g/mol. The van der Waals surface area contributed by atoms with Crippen molar-refractivity contribution in [3.8, 4) is 11.5 Å². The third-order valence-corrected chi connectivity index (χ3v) is 2.91. The van der Waals surface area contributed by atoms with Crippen LogP contribution >= 0.6 is 0 Å². The zero-order chi connectivity index (χ0) is 15.9. The summed E-state index contributed by atoms with van der Waals surface area (Å²) in [6, 6.07) is 12.2. The highest BCUT2D eigenvalue weighted by Crippen LogP contribution is 2.33. The molecule has 114 valence electrons. The first kappa shape index (κ1) is 15.5. The van der Waals surface area contributed by atoms with Crippen molar-refractivity contribution < 1.29 is 18.8 Å². The molecule has 0 bridgehead atoms. The highest BCUT2D eigenvalue weighted by atomic mass is 19.1. The third-order valence-electron chi connectivity index (χ3n) is 2.91. The lowest BCUT2D eigenvalue weighted by Crippen LogP contribution is -2.01. The van der Waals surface area contributed by atoms with Gasteiger partial charge in [0.15, 0.2) is 17.3 Å². The second-order valence-electron chi connectivity index (χ2n) is 4.38. The smallest absolute Gasteiger partial charge is 0.235 e. The van der Waals surface area contributed by atoms with Gasteiger partial charge in [-0.05, 0) is 17.7 Å². The van der Waals surface area contributed by atoms with Gasteiger partial charge in [0.1, 0.15) is 6.61 Å². The van der Waals surface area contributed by atoms with Crippen molar-refractivity contribution in [2.24, 2.45) is 0 Å². The number of hydrogen-bond donors (Lipinski definition) is 0. The first-order valence-corrected chi connectivity index (χ1v) is 6.46. The van der Waals surface area contributed by atoms with E-state index in [9.17, 15) is 14.5 Å². The van der Waals surface area contributed by atoms with Crippen LogP contribution in [0.5, 0.6) is 11.5 Å². The van der Waals surface area contributed by atoms with Crippen molar-refractivity contribution in [3.63, 3.8) is 0 Å². The van der Waals surface area contributed by atoms with Crippen LogP contribution in [0, 0.1) is 15.9 Å². The first-order chi connectivity index (χ1) is 10.6. The lowest BCUT2D eigenvalue weighted by atomic mass is 10.1. The Kier molecular flexibility index (Phi) is 5.08. The molecule has 0 heterocycles. The Labute approximate surface area is 126 Å². The summed E-state index contributed by atoms with van der Waals surface area (Å²) in [5, 5.41) is 10.3. The summed E-state index contributed by atoms with van der Waals surface area (Å²) in [5.74, 6) is -0.545. The molecule has 0 N–H and O–H groups in total. The Morgan fingerprint density at radius 3 is 2.59 bits per heavy atom. The molecule has 2 aromatic rings. The van der Waals surface area contributed by atoms with Gasteiger partial charge in [-0.25, -0.2) is 4.39 Å². The van der Waals surface area contributed by atoms with Crippen molar-refractivity contribution in [1.29, 1.82) is 0 Å². The van der Waals surface area contributed by atoms with Crippen LogP contribution in [0.1, 0.15) is 11.1 Å². The minimum Gasteiger partial charge on any atom is -0.493 e. The van der Waals surface area contributed by atoms with Crippen LogP contribution in [0.4, 0.5) is 4.39 Å². The minimum atomic E-state index is -0.701. The summed E-state index contributed by atoms with van der Waals surface area (Å²) in [6.07, 6.45) is 1.75. The quantitative estimate of drug-likeness (QED) is 0.603. The highest BCUT2D eigenvalue weighted by molar-refractivity contribution is 5.56. The minimum absolute atomic E-state index is 0.0561. The normalized spacial score (nSPS) is 10.6. The Morgan fingerprint density at radius 1 is 1.23 bits per heavy atom. The molecule has 2 rings (SSSR count). The van der Waals surface area contributed by atoms with Crippen LogP contribution in [0.25, 0.3) is 6.08 Å². The molecular formula is C16H14FNO4. The van der Waals surface area contributed by atoms with Crippen molar-refractivity contribution in [2.45, 2.75) is 6.61 Å². The molecule has 0 atom stereocenters. The SMILES string of the molecule is COc1ccc(/C=C/[N+](=O)[O-])c(F)c1OCc1ccccc1. The van der Waals surface area contributed by atoms with E-state index in [1.54, 1.807) is 0 Å². The van der Waals surface area contributed by atoms with Gasteiger partial charge in [-0.15, -0.1) is 0 Å².